The maximum atomic E-state index is 14.1. The monoisotopic (exact) mass is 315 g/mol. The molecular weight excluding hydrogens is 297 g/mol. The normalized spacial score (nSPS) is 11.1. The van der Waals surface area contributed by atoms with Crippen molar-refractivity contribution < 1.29 is 13.9 Å². The molecule has 2 aromatic rings. The van der Waals surface area contributed by atoms with Crippen LogP contribution < -0.4 is 0 Å². The van der Waals surface area contributed by atoms with Crippen molar-refractivity contribution in [3.63, 3.8) is 0 Å². The number of nitrogens with zero attached hydrogens (tertiary/aromatic N) is 3. The van der Waals surface area contributed by atoms with Crippen LogP contribution in [0, 0.1) is 17.1 Å². The number of carbonyl (C=O) groups is 1. The average molecular weight is 315 g/mol. The molecule has 0 aliphatic rings. The topological polar surface area (TPSA) is 67.9 Å². The lowest BCUT2D eigenvalue weighted by atomic mass is 10.1. The molecule has 1 heterocycles. The Morgan fingerprint density at radius 2 is 2.17 bits per heavy atom. The Hall–Kier alpha value is -2.68. The number of aromatic nitrogens is 2. The van der Waals surface area contributed by atoms with Gasteiger partial charge in [0.05, 0.1) is 18.7 Å². The maximum Gasteiger partial charge on any atom is 0.328 e. The largest absolute Gasteiger partial charge is 0.459 e. The van der Waals surface area contributed by atoms with Crippen molar-refractivity contribution in [1.82, 2.24) is 9.78 Å². The molecule has 0 aliphatic heterocycles. The van der Waals surface area contributed by atoms with Gasteiger partial charge in [0.1, 0.15) is 18.0 Å². The number of hydrogen-bond donors (Lipinski definition) is 0. The Labute approximate surface area is 134 Å². The quantitative estimate of drug-likeness (QED) is 0.813. The third-order valence-electron chi connectivity index (χ3n) is 2.97. The predicted octanol–water partition coefficient (Wildman–Crippen LogP) is 3.10. The lowest BCUT2D eigenvalue weighted by Crippen LogP contribution is -2.26. The van der Waals surface area contributed by atoms with Gasteiger partial charge in [-0.15, -0.1) is 0 Å². The molecule has 120 valence electrons. The van der Waals surface area contributed by atoms with Crippen LogP contribution in [0.3, 0.4) is 0 Å². The van der Waals surface area contributed by atoms with E-state index in [-0.39, 0.29) is 13.0 Å². The molecule has 0 spiro atoms. The van der Waals surface area contributed by atoms with E-state index in [1.54, 1.807) is 39.1 Å². The van der Waals surface area contributed by atoms with E-state index < -0.39 is 17.4 Å². The first kappa shape index (κ1) is 16.7. The molecule has 1 aromatic carbocycles. The van der Waals surface area contributed by atoms with Crippen LogP contribution in [0.5, 0.6) is 0 Å². The minimum atomic E-state index is -0.560. The molecule has 5 nitrogen and oxygen atoms in total. The first-order valence-corrected chi connectivity index (χ1v) is 7.18. The van der Waals surface area contributed by atoms with Crippen LogP contribution >= 0.6 is 0 Å². The number of hydrogen-bond acceptors (Lipinski definition) is 4. The van der Waals surface area contributed by atoms with Crippen LogP contribution in [0.2, 0.25) is 0 Å². The van der Waals surface area contributed by atoms with Gasteiger partial charge >= 0.3 is 5.97 Å². The van der Waals surface area contributed by atoms with Crippen LogP contribution in [0.25, 0.3) is 11.1 Å². The van der Waals surface area contributed by atoms with Crippen LogP contribution in [-0.4, -0.2) is 21.4 Å². The van der Waals surface area contributed by atoms with Crippen molar-refractivity contribution in [2.75, 3.05) is 0 Å². The van der Waals surface area contributed by atoms with Crippen LogP contribution in [0.15, 0.2) is 30.6 Å². The van der Waals surface area contributed by atoms with Gasteiger partial charge in [0.25, 0.3) is 0 Å². The molecule has 0 saturated carbocycles. The van der Waals surface area contributed by atoms with Gasteiger partial charge in [0.15, 0.2) is 0 Å². The lowest BCUT2D eigenvalue weighted by molar-refractivity contribution is -0.155. The second kappa shape index (κ2) is 6.61. The van der Waals surface area contributed by atoms with Crippen molar-refractivity contribution in [1.29, 1.82) is 5.26 Å². The van der Waals surface area contributed by atoms with Gasteiger partial charge in [-0.1, -0.05) is 12.1 Å². The third-order valence-corrected chi connectivity index (χ3v) is 2.97. The summed E-state index contributed by atoms with van der Waals surface area (Å²) in [5.41, 5.74) is 1.00. The molecule has 23 heavy (non-hydrogen) atoms. The Morgan fingerprint density at radius 3 is 2.78 bits per heavy atom. The fourth-order valence-corrected chi connectivity index (χ4v) is 2.09. The van der Waals surface area contributed by atoms with Crippen molar-refractivity contribution in [2.24, 2.45) is 0 Å². The molecule has 0 atom stereocenters. The number of halogens is 1. The molecule has 0 unspecified atom stereocenters. The molecule has 1 aromatic heterocycles. The number of ether oxygens (including phenoxy) is 1. The van der Waals surface area contributed by atoms with Gasteiger partial charge in [-0.2, -0.15) is 10.4 Å². The summed E-state index contributed by atoms with van der Waals surface area (Å²) < 4.78 is 20.7. The van der Waals surface area contributed by atoms with Crippen molar-refractivity contribution in [3.05, 3.63) is 42.0 Å². The number of nitriles is 1. The number of carbonyl (C=O) groups excluding carboxylic acids is 1. The zero-order chi connectivity index (χ0) is 17.0. The van der Waals surface area contributed by atoms with E-state index in [4.69, 9.17) is 10.00 Å². The SMILES string of the molecule is CC(C)(C)OC(=O)Cn1cc(-c2ccc(CC#N)cc2F)cn1. The van der Waals surface area contributed by atoms with Crippen LogP contribution in [0.4, 0.5) is 4.39 Å². The molecule has 0 aliphatic carbocycles. The highest BCUT2D eigenvalue weighted by Crippen LogP contribution is 2.23. The number of benzene rings is 1. The summed E-state index contributed by atoms with van der Waals surface area (Å²) in [6, 6.07) is 6.63. The summed E-state index contributed by atoms with van der Waals surface area (Å²) in [7, 11) is 0. The van der Waals surface area contributed by atoms with Crippen LogP contribution in [-0.2, 0) is 22.5 Å². The van der Waals surface area contributed by atoms with E-state index in [1.807, 2.05) is 6.07 Å². The predicted molar refractivity (Wildman–Crippen MR) is 82.8 cm³/mol. The van der Waals surface area contributed by atoms with Gasteiger partial charge in [-0.25, -0.2) is 4.39 Å². The standard InChI is InChI=1S/C17H18FN3O2/c1-17(2,3)23-16(22)11-21-10-13(9-20-21)14-5-4-12(6-7-19)8-15(14)18/h4-5,8-10H,6,11H2,1-3H3. The zero-order valence-electron chi connectivity index (χ0n) is 13.3. The molecule has 0 bridgehead atoms. The summed E-state index contributed by atoms with van der Waals surface area (Å²) in [5.74, 6) is -0.827. The second-order valence-corrected chi connectivity index (χ2v) is 6.16. The molecule has 0 amide bonds. The fourth-order valence-electron chi connectivity index (χ4n) is 2.09. The van der Waals surface area contributed by atoms with Gasteiger partial charge in [0.2, 0.25) is 0 Å². The zero-order valence-corrected chi connectivity index (χ0v) is 13.3. The first-order chi connectivity index (χ1) is 10.8. The van der Waals surface area contributed by atoms with E-state index in [2.05, 4.69) is 5.10 Å². The minimum Gasteiger partial charge on any atom is -0.459 e. The van der Waals surface area contributed by atoms with Crippen molar-refractivity contribution in [3.8, 4) is 17.2 Å². The van der Waals surface area contributed by atoms with Gasteiger partial charge < -0.3 is 4.74 Å². The summed E-state index contributed by atoms with van der Waals surface area (Å²) >= 11 is 0. The first-order valence-electron chi connectivity index (χ1n) is 7.18. The Kier molecular flexibility index (Phi) is 4.80. The van der Waals surface area contributed by atoms with Crippen LogP contribution in [0.1, 0.15) is 26.3 Å². The van der Waals surface area contributed by atoms with E-state index in [9.17, 15) is 9.18 Å². The maximum absolute atomic E-state index is 14.1. The van der Waals surface area contributed by atoms with E-state index in [1.165, 1.54) is 16.9 Å². The summed E-state index contributed by atoms with van der Waals surface area (Å²) in [6.07, 6.45) is 3.24. The highest BCUT2D eigenvalue weighted by Gasteiger charge is 2.17. The Morgan fingerprint density at radius 1 is 1.43 bits per heavy atom. The van der Waals surface area contributed by atoms with Crippen molar-refractivity contribution in [2.45, 2.75) is 39.3 Å². The minimum absolute atomic E-state index is 0.0363. The molecule has 6 heteroatoms. The molecule has 0 fully saturated rings. The average Bonchev–Trinajstić information content (AvgIpc) is 2.85. The molecule has 2 rings (SSSR count). The van der Waals surface area contributed by atoms with E-state index in [0.29, 0.717) is 16.7 Å². The van der Waals surface area contributed by atoms with Gasteiger partial charge in [-0.05, 0) is 32.4 Å². The summed E-state index contributed by atoms with van der Waals surface area (Å²) in [5, 5.41) is 12.7. The molecule has 0 radical (unpaired) electrons. The van der Waals surface area contributed by atoms with E-state index in [0.717, 1.165) is 0 Å². The highest BCUT2D eigenvalue weighted by molar-refractivity contribution is 5.70. The van der Waals surface area contributed by atoms with E-state index >= 15 is 0 Å². The third kappa shape index (κ3) is 4.65. The number of rotatable bonds is 4. The Balaban J connectivity index is 2.13. The fraction of sp³-hybridized carbons (Fsp3) is 0.353. The smallest absolute Gasteiger partial charge is 0.328 e. The molecular formula is C17H18FN3O2. The second-order valence-electron chi connectivity index (χ2n) is 6.16. The Bertz CT molecular complexity index is 754. The van der Waals surface area contributed by atoms with Gasteiger partial charge in [-0.3, -0.25) is 9.48 Å². The summed E-state index contributed by atoms with van der Waals surface area (Å²) in [4.78, 5) is 11.8. The number of esters is 1. The summed E-state index contributed by atoms with van der Waals surface area (Å²) in [6.45, 7) is 5.33. The molecule has 0 N–H and O–H groups in total. The lowest BCUT2D eigenvalue weighted by Gasteiger charge is -2.19. The highest BCUT2D eigenvalue weighted by atomic mass is 19.1. The van der Waals surface area contributed by atoms with Gasteiger partial charge in [0, 0.05) is 17.3 Å². The van der Waals surface area contributed by atoms with Crippen molar-refractivity contribution >= 4 is 5.97 Å². The molecule has 0 saturated heterocycles.